The molecule has 4 nitrogen and oxygen atoms in total. The molecule has 0 fully saturated rings. The molecule has 18 heavy (non-hydrogen) atoms. The molecule has 0 radical (unpaired) electrons. The lowest BCUT2D eigenvalue weighted by Gasteiger charge is -2.13. The maximum Gasteiger partial charge on any atom is 0.354 e. The minimum absolute atomic E-state index is 0.0505. The monoisotopic (exact) mass is 262 g/mol. The van der Waals surface area contributed by atoms with Crippen LogP contribution in [0.4, 0.5) is 5.69 Å². The van der Waals surface area contributed by atoms with Crippen molar-refractivity contribution in [2.45, 2.75) is 19.9 Å². The molecule has 2 aromatic rings. The van der Waals surface area contributed by atoms with E-state index >= 15 is 0 Å². The Morgan fingerprint density at radius 2 is 2.22 bits per heavy atom. The number of nitrogens with zero attached hydrogens (tertiary/aromatic N) is 1. The number of hydrogen-bond donors (Lipinski definition) is 2. The summed E-state index contributed by atoms with van der Waals surface area (Å²) in [6.45, 7) is 4.11. The number of thiophene rings is 1. The van der Waals surface area contributed by atoms with Gasteiger partial charge in [-0.3, -0.25) is 0 Å². The van der Waals surface area contributed by atoms with Crippen LogP contribution in [0.5, 0.6) is 0 Å². The molecule has 0 aliphatic heterocycles. The number of carboxylic acid groups (broad SMARTS) is 1. The standard InChI is InChI=1S/C13H14N2O2S/c1-8-3-4-12(18-8)9(2)15-10-5-6-14-11(7-10)13(16)17/h3-7,9H,1-2H3,(H,14,15)(H,16,17). The maximum absolute atomic E-state index is 10.8. The highest BCUT2D eigenvalue weighted by Crippen LogP contribution is 2.25. The van der Waals surface area contributed by atoms with Gasteiger partial charge in [0.25, 0.3) is 0 Å². The van der Waals surface area contributed by atoms with Crippen LogP contribution < -0.4 is 5.32 Å². The zero-order valence-corrected chi connectivity index (χ0v) is 11.0. The number of carboxylic acids is 1. The zero-order valence-electron chi connectivity index (χ0n) is 10.2. The van der Waals surface area contributed by atoms with Crippen LogP contribution in [0.3, 0.4) is 0 Å². The second-order valence-corrected chi connectivity index (χ2v) is 5.37. The normalized spacial score (nSPS) is 12.1. The van der Waals surface area contributed by atoms with Gasteiger partial charge >= 0.3 is 5.97 Å². The van der Waals surface area contributed by atoms with Gasteiger partial charge in [-0.15, -0.1) is 11.3 Å². The van der Waals surface area contributed by atoms with Crippen molar-refractivity contribution in [2.75, 3.05) is 5.32 Å². The Hall–Kier alpha value is -1.88. The molecule has 94 valence electrons. The van der Waals surface area contributed by atoms with Gasteiger partial charge in [0.15, 0.2) is 0 Å². The Balaban J connectivity index is 2.14. The smallest absolute Gasteiger partial charge is 0.354 e. The molecule has 2 aromatic heterocycles. The minimum atomic E-state index is -1.02. The van der Waals surface area contributed by atoms with Crippen molar-refractivity contribution in [3.8, 4) is 0 Å². The first-order valence-electron chi connectivity index (χ1n) is 5.58. The number of anilines is 1. The molecule has 2 rings (SSSR count). The SMILES string of the molecule is Cc1ccc(C(C)Nc2ccnc(C(=O)O)c2)s1. The number of aryl methyl sites for hydroxylation is 1. The lowest BCUT2D eigenvalue weighted by Crippen LogP contribution is -2.07. The molecule has 1 unspecified atom stereocenters. The highest BCUT2D eigenvalue weighted by Gasteiger charge is 2.09. The highest BCUT2D eigenvalue weighted by molar-refractivity contribution is 7.12. The van der Waals surface area contributed by atoms with Crippen molar-refractivity contribution in [1.82, 2.24) is 4.98 Å². The first-order valence-corrected chi connectivity index (χ1v) is 6.40. The third-order valence-electron chi connectivity index (χ3n) is 2.55. The van der Waals surface area contributed by atoms with Gasteiger partial charge in [-0.2, -0.15) is 0 Å². The molecular formula is C13H14N2O2S. The van der Waals surface area contributed by atoms with Crippen molar-refractivity contribution in [3.05, 3.63) is 45.9 Å². The predicted octanol–water partition coefficient (Wildman–Crippen LogP) is 3.32. The molecule has 0 aliphatic rings. The van der Waals surface area contributed by atoms with Crippen LogP contribution >= 0.6 is 11.3 Å². The van der Waals surface area contributed by atoms with Gasteiger partial charge in [0, 0.05) is 21.6 Å². The molecule has 2 heterocycles. The van der Waals surface area contributed by atoms with E-state index in [0.717, 1.165) is 5.69 Å². The quantitative estimate of drug-likeness (QED) is 0.887. The summed E-state index contributed by atoms with van der Waals surface area (Å²) in [6, 6.07) is 7.61. The summed E-state index contributed by atoms with van der Waals surface area (Å²) in [6.07, 6.45) is 1.50. The minimum Gasteiger partial charge on any atom is -0.477 e. The third-order valence-corrected chi connectivity index (χ3v) is 3.73. The number of aromatic nitrogens is 1. The van der Waals surface area contributed by atoms with Gasteiger partial charge in [-0.25, -0.2) is 9.78 Å². The van der Waals surface area contributed by atoms with Crippen LogP contribution in [-0.2, 0) is 0 Å². The lowest BCUT2D eigenvalue weighted by atomic mass is 10.2. The van der Waals surface area contributed by atoms with Crippen LogP contribution in [0, 0.1) is 6.92 Å². The molecule has 1 atom stereocenters. The Bertz CT molecular complexity index is 566. The molecule has 0 spiro atoms. The van der Waals surface area contributed by atoms with Crippen molar-refractivity contribution >= 4 is 23.0 Å². The summed E-state index contributed by atoms with van der Waals surface area (Å²) < 4.78 is 0. The first-order chi connectivity index (χ1) is 8.56. The Labute approximate surface area is 109 Å². The Morgan fingerprint density at radius 1 is 1.44 bits per heavy atom. The van der Waals surface area contributed by atoms with E-state index in [9.17, 15) is 4.79 Å². The summed E-state index contributed by atoms with van der Waals surface area (Å²) in [5.41, 5.74) is 0.815. The topological polar surface area (TPSA) is 62.2 Å². The highest BCUT2D eigenvalue weighted by atomic mass is 32.1. The van der Waals surface area contributed by atoms with Crippen LogP contribution in [0.15, 0.2) is 30.5 Å². The summed E-state index contributed by atoms with van der Waals surface area (Å²) in [7, 11) is 0. The van der Waals surface area contributed by atoms with E-state index < -0.39 is 5.97 Å². The van der Waals surface area contributed by atoms with E-state index in [1.807, 2.05) is 6.92 Å². The van der Waals surface area contributed by atoms with Crippen molar-refractivity contribution in [2.24, 2.45) is 0 Å². The Morgan fingerprint density at radius 3 is 2.83 bits per heavy atom. The fourth-order valence-electron chi connectivity index (χ4n) is 1.64. The van der Waals surface area contributed by atoms with Crippen LogP contribution in [0.2, 0.25) is 0 Å². The van der Waals surface area contributed by atoms with E-state index in [2.05, 4.69) is 29.4 Å². The predicted molar refractivity (Wildman–Crippen MR) is 72.3 cm³/mol. The van der Waals surface area contributed by atoms with E-state index in [4.69, 9.17) is 5.11 Å². The second kappa shape index (κ2) is 5.18. The zero-order chi connectivity index (χ0) is 13.1. The second-order valence-electron chi connectivity index (χ2n) is 4.05. The molecular weight excluding hydrogens is 248 g/mol. The number of aromatic carboxylic acids is 1. The number of nitrogens with one attached hydrogen (secondary N) is 1. The fraction of sp³-hybridized carbons (Fsp3) is 0.231. The largest absolute Gasteiger partial charge is 0.477 e. The van der Waals surface area contributed by atoms with Crippen molar-refractivity contribution in [3.63, 3.8) is 0 Å². The van der Waals surface area contributed by atoms with Gasteiger partial charge < -0.3 is 10.4 Å². The van der Waals surface area contributed by atoms with E-state index in [1.165, 1.54) is 16.0 Å². The van der Waals surface area contributed by atoms with Gasteiger partial charge in [0.1, 0.15) is 5.69 Å². The van der Waals surface area contributed by atoms with Crippen molar-refractivity contribution < 1.29 is 9.90 Å². The van der Waals surface area contributed by atoms with Gasteiger partial charge in [-0.05, 0) is 38.1 Å². The molecule has 5 heteroatoms. The molecule has 0 aliphatic carbocycles. The first kappa shape index (κ1) is 12.6. The van der Waals surface area contributed by atoms with Gasteiger partial charge in [-0.1, -0.05) is 0 Å². The fourth-order valence-corrected chi connectivity index (χ4v) is 2.52. The van der Waals surface area contributed by atoms with Gasteiger partial charge in [0.2, 0.25) is 0 Å². The molecule has 0 amide bonds. The summed E-state index contributed by atoms with van der Waals surface area (Å²) >= 11 is 1.73. The molecule has 0 bridgehead atoms. The number of hydrogen-bond acceptors (Lipinski definition) is 4. The van der Waals surface area contributed by atoms with E-state index in [-0.39, 0.29) is 11.7 Å². The summed E-state index contributed by atoms with van der Waals surface area (Å²) in [5, 5.41) is 12.1. The van der Waals surface area contributed by atoms with Crippen LogP contribution in [0.25, 0.3) is 0 Å². The third kappa shape index (κ3) is 2.87. The van der Waals surface area contributed by atoms with Crippen LogP contribution in [0.1, 0.15) is 33.2 Å². The molecule has 0 aromatic carbocycles. The average Bonchev–Trinajstić information content (AvgIpc) is 2.76. The number of carbonyl (C=O) groups is 1. The van der Waals surface area contributed by atoms with Crippen LogP contribution in [-0.4, -0.2) is 16.1 Å². The number of pyridine rings is 1. The van der Waals surface area contributed by atoms with E-state index in [1.54, 1.807) is 23.5 Å². The van der Waals surface area contributed by atoms with E-state index in [0.29, 0.717) is 0 Å². The molecule has 0 saturated heterocycles. The maximum atomic E-state index is 10.8. The summed E-state index contributed by atoms with van der Waals surface area (Å²) in [5.74, 6) is -1.02. The summed E-state index contributed by atoms with van der Waals surface area (Å²) in [4.78, 5) is 17.1. The van der Waals surface area contributed by atoms with Crippen molar-refractivity contribution in [1.29, 1.82) is 0 Å². The lowest BCUT2D eigenvalue weighted by molar-refractivity contribution is 0.0690. The molecule has 2 N–H and O–H groups in total. The average molecular weight is 262 g/mol. The molecule has 0 saturated carbocycles. The van der Waals surface area contributed by atoms with Gasteiger partial charge in [0.05, 0.1) is 6.04 Å². The Kier molecular flexibility index (Phi) is 3.62. The number of rotatable bonds is 4.